The number of aromatic hydroxyl groups is 2. The highest BCUT2D eigenvalue weighted by Gasteiger charge is 2.22. The van der Waals surface area contributed by atoms with E-state index in [2.05, 4.69) is 12.2 Å². The fraction of sp³-hybridized carbons (Fsp3) is 0.538. The maximum absolute atomic E-state index is 9.37. The minimum absolute atomic E-state index is 0.0428. The molecule has 0 heterocycles. The van der Waals surface area contributed by atoms with E-state index in [9.17, 15) is 10.2 Å². The second-order valence-corrected chi connectivity index (χ2v) is 4.72. The van der Waals surface area contributed by atoms with E-state index < -0.39 is 0 Å². The molecule has 0 saturated heterocycles. The van der Waals surface area contributed by atoms with Gasteiger partial charge >= 0.3 is 0 Å². The summed E-state index contributed by atoms with van der Waals surface area (Å²) in [5, 5.41) is 22.1. The highest BCUT2D eigenvalue weighted by Crippen LogP contribution is 2.27. The van der Waals surface area contributed by atoms with E-state index in [-0.39, 0.29) is 11.5 Å². The highest BCUT2D eigenvalue weighted by atomic mass is 16.3. The quantitative estimate of drug-likeness (QED) is 0.687. The molecule has 0 aliphatic heterocycles. The molecule has 1 aliphatic rings. The first kappa shape index (κ1) is 11.3. The topological polar surface area (TPSA) is 52.5 Å². The van der Waals surface area contributed by atoms with Crippen LogP contribution >= 0.6 is 0 Å². The molecular formula is C13H19NO2. The van der Waals surface area contributed by atoms with Gasteiger partial charge in [-0.1, -0.05) is 19.4 Å². The number of benzene rings is 1. The molecule has 0 bridgehead atoms. The van der Waals surface area contributed by atoms with Crippen LogP contribution in [-0.4, -0.2) is 16.3 Å². The van der Waals surface area contributed by atoms with Gasteiger partial charge in [0, 0.05) is 12.6 Å². The molecule has 0 radical (unpaired) electrons. The molecule has 1 aromatic rings. The average molecular weight is 221 g/mol. The predicted octanol–water partition coefficient (Wildman–Crippen LogP) is 2.38. The van der Waals surface area contributed by atoms with Crippen LogP contribution in [0.4, 0.5) is 0 Å². The van der Waals surface area contributed by atoms with E-state index in [1.54, 1.807) is 6.07 Å². The molecule has 2 rings (SSSR count). The van der Waals surface area contributed by atoms with Crippen LogP contribution in [0.25, 0.3) is 0 Å². The summed E-state index contributed by atoms with van der Waals surface area (Å²) >= 11 is 0. The lowest BCUT2D eigenvalue weighted by molar-refractivity contribution is 0.400. The Kier molecular flexibility index (Phi) is 3.34. The van der Waals surface area contributed by atoms with Crippen LogP contribution in [0.1, 0.15) is 31.7 Å². The summed E-state index contributed by atoms with van der Waals surface area (Å²) in [6, 6.07) is 5.57. The van der Waals surface area contributed by atoms with Crippen LogP contribution < -0.4 is 5.32 Å². The van der Waals surface area contributed by atoms with E-state index in [1.807, 2.05) is 6.07 Å². The number of nitrogens with one attached hydrogen (secondary N) is 1. The van der Waals surface area contributed by atoms with Gasteiger partial charge in [0.1, 0.15) is 0 Å². The zero-order chi connectivity index (χ0) is 11.5. The smallest absolute Gasteiger partial charge is 0.157 e. The number of phenols is 2. The van der Waals surface area contributed by atoms with Crippen molar-refractivity contribution in [1.29, 1.82) is 0 Å². The van der Waals surface area contributed by atoms with Gasteiger partial charge < -0.3 is 15.5 Å². The van der Waals surface area contributed by atoms with Gasteiger partial charge in [-0.25, -0.2) is 0 Å². The summed E-state index contributed by atoms with van der Waals surface area (Å²) < 4.78 is 0. The van der Waals surface area contributed by atoms with Gasteiger partial charge in [0.25, 0.3) is 0 Å². The summed E-state index contributed by atoms with van der Waals surface area (Å²) in [5.41, 5.74) is 1.01. The SMILES string of the molecule is CC1CCCC1NCc1ccc(O)c(O)c1. The van der Waals surface area contributed by atoms with Crippen molar-refractivity contribution < 1.29 is 10.2 Å². The summed E-state index contributed by atoms with van der Waals surface area (Å²) in [7, 11) is 0. The number of phenolic OH excluding ortho intramolecular Hbond substituents is 2. The van der Waals surface area contributed by atoms with Crippen LogP contribution in [0.5, 0.6) is 11.5 Å². The lowest BCUT2D eigenvalue weighted by Gasteiger charge is -2.17. The molecule has 0 amide bonds. The Morgan fingerprint density at radius 2 is 2.06 bits per heavy atom. The second kappa shape index (κ2) is 4.74. The van der Waals surface area contributed by atoms with Crippen molar-refractivity contribution in [3.8, 4) is 11.5 Å². The Balaban J connectivity index is 1.91. The third-order valence-electron chi connectivity index (χ3n) is 3.47. The molecule has 1 aromatic carbocycles. The minimum Gasteiger partial charge on any atom is -0.504 e. The summed E-state index contributed by atoms with van der Waals surface area (Å²) in [5.74, 6) is 0.641. The monoisotopic (exact) mass is 221 g/mol. The molecule has 1 saturated carbocycles. The average Bonchev–Trinajstić information content (AvgIpc) is 2.66. The van der Waals surface area contributed by atoms with Gasteiger partial charge in [-0.05, 0) is 36.5 Å². The standard InChI is InChI=1S/C13H19NO2/c1-9-3-2-4-11(9)14-8-10-5-6-12(15)13(16)7-10/h5-7,9,11,14-16H,2-4,8H2,1H3. The van der Waals surface area contributed by atoms with Gasteiger partial charge in [-0.15, -0.1) is 0 Å². The maximum Gasteiger partial charge on any atom is 0.157 e. The number of rotatable bonds is 3. The zero-order valence-corrected chi connectivity index (χ0v) is 9.61. The molecular weight excluding hydrogens is 202 g/mol. The van der Waals surface area contributed by atoms with Crippen LogP contribution in [0.15, 0.2) is 18.2 Å². The molecule has 0 spiro atoms. The first-order valence-corrected chi connectivity index (χ1v) is 5.91. The molecule has 1 aliphatic carbocycles. The van der Waals surface area contributed by atoms with Gasteiger partial charge in [0.2, 0.25) is 0 Å². The molecule has 2 atom stereocenters. The van der Waals surface area contributed by atoms with Crippen LogP contribution in [0.2, 0.25) is 0 Å². The van der Waals surface area contributed by atoms with E-state index in [1.165, 1.54) is 25.3 Å². The molecule has 0 aromatic heterocycles. The van der Waals surface area contributed by atoms with Crippen molar-refractivity contribution in [1.82, 2.24) is 5.32 Å². The summed E-state index contributed by atoms with van der Waals surface area (Å²) in [4.78, 5) is 0. The Hall–Kier alpha value is -1.22. The third kappa shape index (κ3) is 2.47. The lowest BCUT2D eigenvalue weighted by Crippen LogP contribution is -2.30. The largest absolute Gasteiger partial charge is 0.504 e. The lowest BCUT2D eigenvalue weighted by atomic mass is 10.1. The highest BCUT2D eigenvalue weighted by molar-refractivity contribution is 5.40. The fourth-order valence-electron chi connectivity index (χ4n) is 2.38. The summed E-state index contributed by atoms with van der Waals surface area (Å²) in [6.45, 7) is 3.03. The molecule has 3 N–H and O–H groups in total. The van der Waals surface area contributed by atoms with Gasteiger partial charge in [-0.2, -0.15) is 0 Å². The maximum atomic E-state index is 9.37. The van der Waals surface area contributed by atoms with Crippen molar-refractivity contribution in [2.24, 2.45) is 5.92 Å². The Morgan fingerprint density at radius 3 is 2.69 bits per heavy atom. The van der Waals surface area contributed by atoms with E-state index in [4.69, 9.17) is 0 Å². The molecule has 3 nitrogen and oxygen atoms in total. The van der Waals surface area contributed by atoms with Crippen molar-refractivity contribution in [3.63, 3.8) is 0 Å². The van der Waals surface area contributed by atoms with Crippen molar-refractivity contribution in [2.75, 3.05) is 0 Å². The Labute approximate surface area is 96.1 Å². The van der Waals surface area contributed by atoms with Crippen molar-refractivity contribution in [3.05, 3.63) is 23.8 Å². The molecule has 3 heteroatoms. The summed E-state index contributed by atoms with van der Waals surface area (Å²) in [6.07, 6.45) is 3.85. The molecule has 88 valence electrons. The minimum atomic E-state index is -0.0574. The fourth-order valence-corrected chi connectivity index (χ4v) is 2.38. The molecule has 2 unspecified atom stereocenters. The normalized spacial score (nSPS) is 24.8. The third-order valence-corrected chi connectivity index (χ3v) is 3.47. The van der Waals surface area contributed by atoms with E-state index in [0.29, 0.717) is 6.04 Å². The Bertz CT molecular complexity index is 365. The number of hydrogen-bond donors (Lipinski definition) is 3. The van der Waals surface area contributed by atoms with Gasteiger partial charge in [0.15, 0.2) is 11.5 Å². The number of hydrogen-bond acceptors (Lipinski definition) is 3. The van der Waals surface area contributed by atoms with E-state index >= 15 is 0 Å². The van der Waals surface area contributed by atoms with Crippen molar-refractivity contribution >= 4 is 0 Å². The van der Waals surface area contributed by atoms with Crippen molar-refractivity contribution in [2.45, 2.75) is 38.8 Å². The van der Waals surface area contributed by atoms with Gasteiger partial charge in [0.05, 0.1) is 0 Å². The molecule has 16 heavy (non-hydrogen) atoms. The predicted molar refractivity (Wildman–Crippen MR) is 63.4 cm³/mol. The molecule has 1 fully saturated rings. The van der Waals surface area contributed by atoms with Crippen LogP contribution in [0.3, 0.4) is 0 Å². The zero-order valence-electron chi connectivity index (χ0n) is 9.61. The van der Waals surface area contributed by atoms with Crippen LogP contribution in [-0.2, 0) is 6.54 Å². The second-order valence-electron chi connectivity index (χ2n) is 4.72. The first-order valence-electron chi connectivity index (χ1n) is 5.91. The first-order chi connectivity index (χ1) is 7.66. The Morgan fingerprint density at radius 1 is 1.25 bits per heavy atom. The van der Waals surface area contributed by atoms with Crippen LogP contribution in [0, 0.1) is 5.92 Å². The van der Waals surface area contributed by atoms with E-state index in [0.717, 1.165) is 18.0 Å². The van der Waals surface area contributed by atoms with Gasteiger partial charge in [-0.3, -0.25) is 0 Å².